The maximum absolute atomic E-state index is 2.44. The highest BCUT2D eigenvalue weighted by atomic mass is 14.9. The van der Waals surface area contributed by atoms with Crippen LogP contribution in [0.2, 0.25) is 0 Å². The molecule has 1 heteroatoms. The van der Waals surface area contributed by atoms with Gasteiger partial charge in [-0.1, -0.05) is 81.4 Å². The monoisotopic (exact) mass is 414 g/mol. The molecule has 0 spiro atoms. The smallest absolute Gasteiger partial charge is 0.194 e. The summed E-state index contributed by atoms with van der Waals surface area (Å²) >= 11 is 0. The second-order valence-corrected chi connectivity index (χ2v) is 10.1. The molecule has 0 amide bonds. The van der Waals surface area contributed by atoms with E-state index in [9.17, 15) is 0 Å². The molecule has 1 aliphatic rings. The number of aromatic nitrogens is 1. The molecule has 0 N–H and O–H groups in total. The lowest BCUT2D eigenvalue weighted by Crippen LogP contribution is -2.32. The Bertz CT molecular complexity index is 1560. The van der Waals surface area contributed by atoms with Gasteiger partial charge in [0, 0.05) is 23.3 Å². The normalized spacial score (nSPS) is 12.5. The SMILES string of the molecule is Cc1c(-c2cc3c4c(cccc4[n+]2C)-c2ccccc2-3)cc(C(C)(C)C)c2ccccc12. The van der Waals surface area contributed by atoms with E-state index in [2.05, 4.69) is 118 Å². The summed E-state index contributed by atoms with van der Waals surface area (Å²) < 4.78 is 2.39. The molecule has 6 rings (SSSR count). The van der Waals surface area contributed by atoms with Crippen LogP contribution in [-0.2, 0) is 12.5 Å². The molecule has 1 nitrogen and oxygen atoms in total. The van der Waals surface area contributed by atoms with Gasteiger partial charge >= 0.3 is 0 Å². The van der Waals surface area contributed by atoms with Gasteiger partial charge in [-0.3, -0.25) is 0 Å². The van der Waals surface area contributed by atoms with Gasteiger partial charge in [0.25, 0.3) is 0 Å². The Balaban J connectivity index is 1.75. The lowest BCUT2D eigenvalue weighted by molar-refractivity contribution is -0.633. The van der Waals surface area contributed by atoms with Crippen molar-refractivity contribution in [2.45, 2.75) is 33.1 Å². The Morgan fingerprint density at radius 3 is 1.97 bits per heavy atom. The predicted molar refractivity (Wildman–Crippen MR) is 136 cm³/mol. The number of benzene rings is 4. The summed E-state index contributed by atoms with van der Waals surface area (Å²) in [5, 5.41) is 4.08. The van der Waals surface area contributed by atoms with Crippen molar-refractivity contribution in [3.63, 3.8) is 0 Å². The fourth-order valence-electron chi connectivity index (χ4n) is 5.59. The standard InChI is InChI=1S/C31H28N/c1-19-20-11-6-9-14-23(20)27(31(2,3)4)17-25(19)29-18-26-22-13-8-7-12-21(22)24-15-10-16-28(30(24)26)32(29)5/h6-18H,1-5H3/q+1. The molecule has 0 bridgehead atoms. The summed E-state index contributed by atoms with van der Waals surface area (Å²) in [6.45, 7) is 9.22. The maximum Gasteiger partial charge on any atom is 0.214 e. The highest BCUT2D eigenvalue weighted by Gasteiger charge is 2.29. The number of pyridine rings is 1. The first-order chi connectivity index (χ1) is 15.4. The van der Waals surface area contributed by atoms with Crippen LogP contribution in [0.3, 0.4) is 0 Å². The predicted octanol–water partition coefficient (Wildman–Crippen LogP) is 7.74. The van der Waals surface area contributed by atoms with Gasteiger partial charge in [-0.2, -0.15) is 4.57 Å². The van der Waals surface area contributed by atoms with E-state index in [4.69, 9.17) is 0 Å². The van der Waals surface area contributed by atoms with E-state index in [-0.39, 0.29) is 5.41 Å². The molecule has 32 heavy (non-hydrogen) atoms. The number of hydrogen-bond acceptors (Lipinski definition) is 0. The molecule has 4 aromatic carbocycles. The topological polar surface area (TPSA) is 3.88 Å². The second-order valence-electron chi connectivity index (χ2n) is 10.1. The average Bonchev–Trinajstić information content (AvgIpc) is 3.11. The van der Waals surface area contributed by atoms with Crippen molar-refractivity contribution in [1.82, 2.24) is 0 Å². The lowest BCUT2D eigenvalue weighted by Gasteiger charge is -2.24. The van der Waals surface area contributed by atoms with Gasteiger partial charge in [-0.05, 0) is 57.0 Å². The molecule has 1 aliphatic carbocycles. The number of nitrogens with zero attached hydrogens (tertiary/aromatic N) is 1. The van der Waals surface area contributed by atoms with Crippen LogP contribution < -0.4 is 4.57 Å². The molecule has 0 atom stereocenters. The first kappa shape index (κ1) is 19.3. The Morgan fingerprint density at radius 2 is 1.25 bits per heavy atom. The summed E-state index contributed by atoms with van der Waals surface area (Å²) in [6, 6.07) is 29.3. The first-order valence-electron chi connectivity index (χ1n) is 11.4. The van der Waals surface area contributed by atoms with Gasteiger partial charge in [-0.25, -0.2) is 0 Å². The molecule has 156 valence electrons. The maximum atomic E-state index is 2.44. The van der Waals surface area contributed by atoms with Crippen LogP contribution in [0.25, 0.3) is 55.2 Å². The molecule has 0 saturated heterocycles. The van der Waals surface area contributed by atoms with Crippen molar-refractivity contribution in [2.24, 2.45) is 7.05 Å². The molecule has 0 saturated carbocycles. The average molecular weight is 415 g/mol. The molecule has 1 heterocycles. The van der Waals surface area contributed by atoms with Gasteiger partial charge in [0.05, 0.1) is 5.39 Å². The van der Waals surface area contributed by atoms with Crippen molar-refractivity contribution in [3.8, 4) is 33.5 Å². The zero-order chi connectivity index (χ0) is 22.2. The highest BCUT2D eigenvalue weighted by Crippen LogP contribution is 2.47. The van der Waals surface area contributed by atoms with Gasteiger partial charge in [0.15, 0.2) is 0 Å². The fraction of sp³-hybridized carbons (Fsp3) is 0.194. The van der Waals surface area contributed by atoms with E-state index in [1.807, 2.05) is 0 Å². The van der Waals surface area contributed by atoms with E-state index in [1.54, 1.807) is 0 Å². The quantitative estimate of drug-likeness (QED) is 0.242. The number of aryl methyl sites for hydroxylation is 2. The number of hydrogen-bond donors (Lipinski definition) is 0. The largest absolute Gasteiger partial charge is 0.214 e. The number of fused-ring (bicyclic) bond motifs is 4. The minimum atomic E-state index is 0.0635. The van der Waals surface area contributed by atoms with Crippen LogP contribution in [0.4, 0.5) is 0 Å². The Hall–Kier alpha value is -3.45. The van der Waals surface area contributed by atoms with Crippen LogP contribution in [0.1, 0.15) is 31.9 Å². The lowest BCUT2D eigenvalue weighted by atomic mass is 9.80. The van der Waals surface area contributed by atoms with Crippen molar-refractivity contribution in [1.29, 1.82) is 0 Å². The molecule has 5 aromatic rings. The van der Waals surface area contributed by atoms with E-state index in [1.165, 1.54) is 66.3 Å². The third kappa shape index (κ3) is 2.54. The molecular weight excluding hydrogens is 386 g/mol. The van der Waals surface area contributed by atoms with Crippen molar-refractivity contribution in [3.05, 3.63) is 90.0 Å². The summed E-state index contributed by atoms with van der Waals surface area (Å²) in [5.41, 5.74) is 12.1. The molecule has 0 unspecified atom stereocenters. The molecular formula is C31H28N+. The number of rotatable bonds is 1. The van der Waals surface area contributed by atoms with Crippen LogP contribution in [0.5, 0.6) is 0 Å². The van der Waals surface area contributed by atoms with Gasteiger partial charge in [-0.15, -0.1) is 0 Å². The molecule has 0 radical (unpaired) electrons. The third-order valence-electron chi connectivity index (χ3n) is 7.22. The zero-order valence-corrected chi connectivity index (χ0v) is 19.5. The summed E-state index contributed by atoms with van der Waals surface area (Å²) in [5.74, 6) is 0. The van der Waals surface area contributed by atoms with Gasteiger partial charge < -0.3 is 0 Å². The van der Waals surface area contributed by atoms with Crippen molar-refractivity contribution >= 4 is 21.7 Å². The van der Waals surface area contributed by atoms with Crippen molar-refractivity contribution in [2.75, 3.05) is 0 Å². The third-order valence-corrected chi connectivity index (χ3v) is 7.22. The van der Waals surface area contributed by atoms with E-state index in [0.717, 1.165) is 0 Å². The van der Waals surface area contributed by atoms with Gasteiger partial charge in [0.2, 0.25) is 11.2 Å². The van der Waals surface area contributed by atoms with Crippen LogP contribution in [0, 0.1) is 6.92 Å². The Morgan fingerprint density at radius 1 is 0.625 bits per heavy atom. The van der Waals surface area contributed by atoms with Gasteiger partial charge in [0.1, 0.15) is 7.05 Å². The van der Waals surface area contributed by atoms with E-state index in [0.29, 0.717) is 0 Å². The summed E-state index contributed by atoms with van der Waals surface area (Å²) in [6.07, 6.45) is 0. The van der Waals surface area contributed by atoms with Crippen LogP contribution in [-0.4, -0.2) is 0 Å². The zero-order valence-electron chi connectivity index (χ0n) is 19.5. The first-order valence-corrected chi connectivity index (χ1v) is 11.4. The Labute approximate surface area is 190 Å². The van der Waals surface area contributed by atoms with E-state index < -0.39 is 0 Å². The minimum absolute atomic E-state index is 0.0635. The van der Waals surface area contributed by atoms with Crippen LogP contribution >= 0.6 is 0 Å². The second kappa shape index (κ2) is 6.53. The van der Waals surface area contributed by atoms with Crippen molar-refractivity contribution < 1.29 is 4.57 Å². The Kier molecular flexibility index (Phi) is 3.93. The molecule has 0 aliphatic heterocycles. The molecule has 0 fully saturated rings. The highest BCUT2D eigenvalue weighted by molar-refractivity contribution is 6.14. The van der Waals surface area contributed by atoms with E-state index >= 15 is 0 Å². The fourth-order valence-corrected chi connectivity index (χ4v) is 5.59. The minimum Gasteiger partial charge on any atom is -0.194 e. The molecule has 1 aromatic heterocycles. The summed E-state index contributed by atoms with van der Waals surface area (Å²) in [7, 11) is 2.21. The summed E-state index contributed by atoms with van der Waals surface area (Å²) in [4.78, 5) is 0. The van der Waals surface area contributed by atoms with Crippen LogP contribution in [0.15, 0.2) is 78.9 Å².